The average Bonchev–Trinajstić information content (AvgIpc) is 2.94. The highest BCUT2D eigenvalue weighted by Gasteiger charge is 2.36. The molecule has 2 N–H and O–H groups in total. The van der Waals surface area contributed by atoms with Crippen LogP contribution in [0.1, 0.15) is 32.6 Å². The lowest BCUT2D eigenvalue weighted by Crippen LogP contribution is -2.44. The van der Waals surface area contributed by atoms with Crippen molar-refractivity contribution in [3.05, 3.63) is 0 Å². The molecule has 14 heavy (non-hydrogen) atoms. The Morgan fingerprint density at radius 3 is 2.57 bits per heavy atom. The van der Waals surface area contributed by atoms with Gasteiger partial charge in [-0.2, -0.15) is 0 Å². The summed E-state index contributed by atoms with van der Waals surface area (Å²) >= 11 is 0. The lowest BCUT2D eigenvalue weighted by atomic mass is 10.1. The van der Waals surface area contributed by atoms with E-state index in [4.69, 9.17) is 10.2 Å². The van der Waals surface area contributed by atoms with Crippen molar-refractivity contribution < 1.29 is 15.0 Å². The van der Waals surface area contributed by atoms with E-state index < -0.39 is 12.0 Å². The first-order valence-corrected chi connectivity index (χ1v) is 5.30. The van der Waals surface area contributed by atoms with Gasteiger partial charge in [-0.25, -0.2) is 0 Å². The molecule has 1 aliphatic rings. The van der Waals surface area contributed by atoms with Crippen molar-refractivity contribution in [2.45, 2.75) is 44.7 Å². The third-order valence-electron chi connectivity index (χ3n) is 2.62. The average molecular weight is 201 g/mol. The number of carboxylic acid groups (broad SMARTS) is 1. The smallest absolute Gasteiger partial charge is 0.320 e. The summed E-state index contributed by atoms with van der Waals surface area (Å²) in [5, 5.41) is 17.9. The summed E-state index contributed by atoms with van der Waals surface area (Å²) in [6.07, 6.45) is 3.69. The minimum Gasteiger partial charge on any atom is -0.480 e. The summed E-state index contributed by atoms with van der Waals surface area (Å²) in [4.78, 5) is 13.0. The van der Waals surface area contributed by atoms with E-state index in [-0.39, 0.29) is 6.61 Å². The normalized spacial score (nSPS) is 18.5. The Bertz CT molecular complexity index is 192. The number of aliphatic carboxylic acids is 1. The zero-order valence-corrected chi connectivity index (χ0v) is 8.65. The van der Waals surface area contributed by atoms with Crippen LogP contribution in [0.5, 0.6) is 0 Å². The van der Waals surface area contributed by atoms with Gasteiger partial charge in [-0.1, -0.05) is 13.3 Å². The second-order valence-electron chi connectivity index (χ2n) is 3.84. The second-order valence-corrected chi connectivity index (χ2v) is 3.84. The molecule has 1 rings (SSSR count). The van der Waals surface area contributed by atoms with Crippen molar-refractivity contribution in [1.29, 1.82) is 0 Å². The van der Waals surface area contributed by atoms with Crippen LogP contribution in [0.4, 0.5) is 0 Å². The van der Waals surface area contributed by atoms with Crippen LogP contribution in [0.15, 0.2) is 0 Å². The molecule has 0 aromatic carbocycles. The van der Waals surface area contributed by atoms with E-state index in [1.807, 2.05) is 11.8 Å². The fraction of sp³-hybridized carbons (Fsp3) is 0.900. The molecule has 4 nitrogen and oxygen atoms in total. The minimum atomic E-state index is -0.757. The van der Waals surface area contributed by atoms with Gasteiger partial charge >= 0.3 is 5.97 Å². The summed E-state index contributed by atoms with van der Waals surface area (Å²) in [5.41, 5.74) is 0. The predicted molar refractivity (Wildman–Crippen MR) is 53.1 cm³/mol. The fourth-order valence-corrected chi connectivity index (χ4v) is 1.82. The Labute approximate surface area is 84.5 Å². The molecule has 0 saturated heterocycles. The van der Waals surface area contributed by atoms with Gasteiger partial charge in [-0.05, 0) is 19.3 Å². The number of aliphatic hydroxyl groups is 1. The van der Waals surface area contributed by atoms with Gasteiger partial charge < -0.3 is 10.2 Å². The summed E-state index contributed by atoms with van der Waals surface area (Å²) < 4.78 is 0. The molecular weight excluding hydrogens is 182 g/mol. The van der Waals surface area contributed by atoms with Gasteiger partial charge in [0.05, 0.1) is 6.61 Å². The van der Waals surface area contributed by atoms with Crippen LogP contribution < -0.4 is 0 Å². The molecule has 1 fully saturated rings. The van der Waals surface area contributed by atoms with Crippen molar-refractivity contribution in [2.75, 3.05) is 13.2 Å². The quantitative estimate of drug-likeness (QED) is 0.636. The van der Waals surface area contributed by atoms with Crippen LogP contribution in [-0.2, 0) is 4.79 Å². The van der Waals surface area contributed by atoms with Crippen LogP contribution in [0.3, 0.4) is 0 Å². The van der Waals surface area contributed by atoms with Gasteiger partial charge in [0.2, 0.25) is 0 Å². The maximum atomic E-state index is 11.0. The summed E-state index contributed by atoms with van der Waals surface area (Å²) in [7, 11) is 0. The third-order valence-corrected chi connectivity index (χ3v) is 2.62. The Hall–Kier alpha value is -0.610. The van der Waals surface area contributed by atoms with Gasteiger partial charge in [0.15, 0.2) is 0 Å². The third kappa shape index (κ3) is 2.96. The molecule has 1 saturated carbocycles. The molecule has 0 aromatic rings. The molecule has 0 bridgehead atoms. The van der Waals surface area contributed by atoms with E-state index in [0.29, 0.717) is 19.0 Å². The molecule has 0 radical (unpaired) electrons. The zero-order valence-electron chi connectivity index (χ0n) is 8.65. The maximum absolute atomic E-state index is 11.0. The van der Waals surface area contributed by atoms with Gasteiger partial charge in [0.25, 0.3) is 0 Å². The highest BCUT2D eigenvalue weighted by atomic mass is 16.4. The number of carbonyl (C=O) groups is 1. The first-order valence-electron chi connectivity index (χ1n) is 5.30. The number of nitrogens with zero attached hydrogens (tertiary/aromatic N) is 1. The van der Waals surface area contributed by atoms with Gasteiger partial charge in [-0.3, -0.25) is 9.69 Å². The number of hydrogen-bond acceptors (Lipinski definition) is 3. The van der Waals surface area contributed by atoms with Gasteiger partial charge in [-0.15, -0.1) is 0 Å². The lowest BCUT2D eigenvalue weighted by Gasteiger charge is -2.27. The molecule has 0 heterocycles. The Morgan fingerprint density at radius 2 is 2.21 bits per heavy atom. The monoisotopic (exact) mass is 201 g/mol. The molecule has 1 unspecified atom stereocenters. The van der Waals surface area contributed by atoms with Crippen LogP contribution in [-0.4, -0.2) is 46.3 Å². The van der Waals surface area contributed by atoms with E-state index in [0.717, 1.165) is 19.3 Å². The molecule has 1 aliphatic carbocycles. The molecule has 0 spiro atoms. The standard InChI is InChI=1S/C10H19NO3/c1-2-3-9(10(13)14)11(6-7-12)8-4-5-8/h8-9,12H,2-7H2,1H3,(H,13,14). The minimum absolute atomic E-state index is 0.0456. The largest absolute Gasteiger partial charge is 0.480 e. The molecule has 0 aliphatic heterocycles. The van der Waals surface area contributed by atoms with Crippen LogP contribution in [0, 0.1) is 0 Å². The zero-order chi connectivity index (χ0) is 10.6. The van der Waals surface area contributed by atoms with Crippen molar-refractivity contribution in [2.24, 2.45) is 0 Å². The van der Waals surface area contributed by atoms with E-state index in [9.17, 15) is 4.79 Å². The number of rotatable bonds is 7. The van der Waals surface area contributed by atoms with Crippen molar-refractivity contribution in [1.82, 2.24) is 4.90 Å². The SMILES string of the molecule is CCCC(C(=O)O)N(CCO)C1CC1. The Balaban J connectivity index is 2.55. The first kappa shape index (κ1) is 11.5. The van der Waals surface area contributed by atoms with Crippen molar-refractivity contribution in [3.8, 4) is 0 Å². The number of hydrogen-bond donors (Lipinski definition) is 2. The molecule has 0 amide bonds. The second kappa shape index (κ2) is 5.32. The van der Waals surface area contributed by atoms with Crippen molar-refractivity contribution >= 4 is 5.97 Å². The van der Waals surface area contributed by atoms with E-state index in [1.165, 1.54) is 0 Å². The molecule has 1 atom stereocenters. The Morgan fingerprint density at radius 1 is 1.57 bits per heavy atom. The molecule has 4 heteroatoms. The summed E-state index contributed by atoms with van der Waals surface area (Å²) in [6, 6.07) is -0.00514. The number of aliphatic hydroxyl groups excluding tert-OH is 1. The molecule has 82 valence electrons. The van der Waals surface area contributed by atoms with Crippen LogP contribution >= 0.6 is 0 Å². The number of carboxylic acids is 1. The van der Waals surface area contributed by atoms with Gasteiger partial charge in [0, 0.05) is 12.6 Å². The van der Waals surface area contributed by atoms with E-state index in [2.05, 4.69) is 0 Å². The highest BCUT2D eigenvalue weighted by Crippen LogP contribution is 2.29. The summed E-state index contributed by atoms with van der Waals surface area (Å²) in [6.45, 7) is 2.52. The Kier molecular flexibility index (Phi) is 4.35. The van der Waals surface area contributed by atoms with Crippen LogP contribution in [0.2, 0.25) is 0 Å². The summed E-state index contributed by atoms with van der Waals surface area (Å²) in [5.74, 6) is -0.757. The highest BCUT2D eigenvalue weighted by molar-refractivity contribution is 5.73. The fourth-order valence-electron chi connectivity index (χ4n) is 1.82. The molecular formula is C10H19NO3. The molecule has 0 aromatic heterocycles. The first-order chi connectivity index (χ1) is 6.70. The van der Waals surface area contributed by atoms with Crippen molar-refractivity contribution in [3.63, 3.8) is 0 Å². The topological polar surface area (TPSA) is 60.8 Å². The van der Waals surface area contributed by atoms with Gasteiger partial charge in [0.1, 0.15) is 6.04 Å². The van der Waals surface area contributed by atoms with Crippen LogP contribution in [0.25, 0.3) is 0 Å². The van der Waals surface area contributed by atoms with E-state index in [1.54, 1.807) is 0 Å². The van der Waals surface area contributed by atoms with E-state index >= 15 is 0 Å². The maximum Gasteiger partial charge on any atom is 0.320 e. The lowest BCUT2D eigenvalue weighted by molar-refractivity contribution is -0.144. The predicted octanol–water partition coefficient (Wildman–Crippen LogP) is 0.696.